The second-order valence-electron chi connectivity index (χ2n) is 5.12. The lowest BCUT2D eigenvalue weighted by Gasteiger charge is -2.18. The van der Waals surface area contributed by atoms with Gasteiger partial charge in [0.1, 0.15) is 0 Å². The monoisotopic (exact) mass is 277 g/mol. The van der Waals surface area contributed by atoms with Gasteiger partial charge >= 0.3 is 0 Å². The molecule has 0 aliphatic heterocycles. The molecule has 3 rings (SSSR count). The highest BCUT2D eigenvalue weighted by molar-refractivity contribution is 5.83. The Labute approximate surface area is 125 Å². The van der Waals surface area contributed by atoms with E-state index in [1.54, 1.807) is 12.4 Å². The standard InChI is InChI=1S/C18H19N3/c1-2-9-21-18(17-13-19-10-11-20-17)16-8-7-14-5-3-4-6-15(14)12-16/h3-8,10-13,18,21H,2,9H2,1H3. The van der Waals surface area contributed by atoms with Gasteiger partial charge in [0, 0.05) is 12.4 Å². The van der Waals surface area contributed by atoms with Crippen LogP contribution in [0.1, 0.15) is 30.6 Å². The summed E-state index contributed by atoms with van der Waals surface area (Å²) in [5.41, 5.74) is 2.18. The molecule has 1 heterocycles. The number of rotatable bonds is 5. The fraction of sp³-hybridized carbons (Fsp3) is 0.222. The lowest BCUT2D eigenvalue weighted by molar-refractivity contribution is 0.585. The van der Waals surface area contributed by atoms with Crippen molar-refractivity contribution in [1.29, 1.82) is 0 Å². The van der Waals surface area contributed by atoms with Gasteiger partial charge in [-0.3, -0.25) is 9.97 Å². The third-order valence-corrected chi connectivity index (χ3v) is 3.58. The second-order valence-corrected chi connectivity index (χ2v) is 5.12. The number of hydrogen-bond donors (Lipinski definition) is 1. The van der Waals surface area contributed by atoms with E-state index < -0.39 is 0 Å². The molecule has 0 fully saturated rings. The Morgan fingerprint density at radius 3 is 2.67 bits per heavy atom. The minimum Gasteiger partial charge on any atom is -0.305 e. The highest BCUT2D eigenvalue weighted by Crippen LogP contribution is 2.24. The van der Waals surface area contributed by atoms with Crippen molar-refractivity contribution in [3.05, 3.63) is 72.3 Å². The van der Waals surface area contributed by atoms with Gasteiger partial charge in [0.25, 0.3) is 0 Å². The van der Waals surface area contributed by atoms with Gasteiger partial charge in [0.15, 0.2) is 0 Å². The zero-order valence-electron chi connectivity index (χ0n) is 12.2. The normalized spacial score (nSPS) is 12.4. The van der Waals surface area contributed by atoms with E-state index in [4.69, 9.17) is 0 Å². The predicted octanol–water partition coefficient (Wildman–Crippen LogP) is 3.72. The Morgan fingerprint density at radius 2 is 1.90 bits per heavy atom. The Hall–Kier alpha value is -2.26. The Kier molecular flexibility index (Phi) is 4.22. The molecule has 0 radical (unpaired) electrons. The average molecular weight is 277 g/mol. The van der Waals surface area contributed by atoms with Gasteiger partial charge in [-0.05, 0) is 35.4 Å². The first-order chi connectivity index (χ1) is 10.4. The molecule has 0 aliphatic carbocycles. The molecule has 3 heteroatoms. The third-order valence-electron chi connectivity index (χ3n) is 3.58. The summed E-state index contributed by atoms with van der Waals surface area (Å²) < 4.78 is 0. The van der Waals surface area contributed by atoms with Crippen LogP contribution in [0.15, 0.2) is 61.1 Å². The van der Waals surface area contributed by atoms with Gasteiger partial charge in [-0.1, -0.05) is 43.3 Å². The number of hydrogen-bond acceptors (Lipinski definition) is 3. The molecule has 21 heavy (non-hydrogen) atoms. The van der Waals surface area contributed by atoms with Crippen molar-refractivity contribution < 1.29 is 0 Å². The topological polar surface area (TPSA) is 37.8 Å². The van der Waals surface area contributed by atoms with Crippen LogP contribution in [0.25, 0.3) is 10.8 Å². The van der Waals surface area contributed by atoms with E-state index >= 15 is 0 Å². The fourth-order valence-corrected chi connectivity index (χ4v) is 2.53. The van der Waals surface area contributed by atoms with E-state index in [1.165, 1.54) is 16.3 Å². The molecule has 106 valence electrons. The van der Waals surface area contributed by atoms with E-state index in [0.717, 1.165) is 18.7 Å². The van der Waals surface area contributed by atoms with Crippen LogP contribution in [0.2, 0.25) is 0 Å². The number of nitrogens with zero attached hydrogens (tertiary/aromatic N) is 2. The fourth-order valence-electron chi connectivity index (χ4n) is 2.53. The highest BCUT2D eigenvalue weighted by Gasteiger charge is 2.15. The Morgan fingerprint density at radius 1 is 1.05 bits per heavy atom. The van der Waals surface area contributed by atoms with Crippen LogP contribution in [-0.4, -0.2) is 16.5 Å². The molecular weight excluding hydrogens is 258 g/mol. The molecule has 1 aromatic heterocycles. The summed E-state index contributed by atoms with van der Waals surface area (Å²) in [5, 5.41) is 6.08. The molecule has 2 aromatic carbocycles. The van der Waals surface area contributed by atoms with Crippen LogP contribution in [0.3, 0.4) is 0 Å². The zero-order chi connectivity index (χ0) is 14.5. The maximum absolute atomic E-state index is 4.46. The van der Waals surface area contributed by atoms with Gasteiger partial charge in [-0.2, -0.15) is 0 Å². The van der Waals surface area contributed by atoms with Crippen LogP contribution in [0, 0.1) is 0 Å². The highest BCUT2D eigenvalue weighted by atomic mass is 14.9. The van der Waals surface area contributed by atoms with Gasteiger partial charge < -0.3 is 5.32 Å². The first kappa shape index (κ1) is 13.7. The van der Waals surface area contributed by atoms with E-state index in [0.29, 0.717) is 0 Å². The van der Waals surface area contributed by atoms with Crippen LogP contribution in [0.4, 0.5) is 0 Å². The molecule has 0 aliphatic rings. The van der Waals surface area contributed by atoms with Crippen molar-refractivity contribution in [1.82, 2.24) is 15.3 Å². The summed E-state index contributed by atoms with van der Waals surface area (Å²) >= 11 is 0. The number of benzene rings is 2. The summed E-state index contributed by atoms with van der Waals surface area (Å²) in [6, 6.07) is 15.1. The molecule has 0 bridgehead atoms. The van der Waals surface area contributed by atoms with Crippen molar-refractivity contribution >= 4 is 10.8 Å². The van der Waals surface area contributed by atoms with Gasteiger partial charge in [0.2, 0.25) is 0 Å². The number of fused-ring (bicyclic) bond motifs is 1. The maximum Gasteiger partial charge on any atom is 0.0801 e. The minimum atomic E-state index is 0.0863. The summed E-state index contributed by atoms with van der Waals surface area (Å²) in [7, 11) is 0. The SMILES string of the molecule is CCCNC(c1ccc2ccccc2c1)c1cnccn1. The van der Waals surface area contributed by atoms with Crippen molar-refractivity contribution in [2.45, 2.75) is 19.4 Å². The Balaban J connectivity index is 2.01. The smallest absolute Gasteiger partial charge is 0.0801 e. The molecule has 0 spiro atoms. The molecule has 0 saturated heterocycles. The third kappa shape index (κ3) is 3.09. The summed E-state index contributed by atoms with van der Waals surface area (Å²) in [4.78, 5) is 8.66. The molecule has 3 aromatic rings. The predicted molar refractivity (Wildman–Crippen MR) is 86.1 cm³/mol. The van der Waals surface area contributed by atoms with Crippen molar-refractivity contribution in [2.24, 2.45) is 0 Å². The lowest BCUT2D eigenvalue weighted by Crippen LogP contribution is -2.24. The van der Waals surface area contributed by atoms with E-state index in [9.17, 15) is 0 Å². The molecule has 0 saturated carbocycles. The van der Waals surface area contributed by atoms with Crippen LogP contribution in [-0.2, 0) is 0 Å². The average Bonchev–Trinajstić information content (AvgIpc) is 2.56. The quantitative estimate of drug-likeness (QED) is 0.772. The van der Waals surface area contributed by atoms with Gasteiger partial charge in [0.05, 0.1) is 17.9 Å². The van der Waals surface area contributed by atoms with Crippen LogP contribution >= 0.6 is 0 Å². The second kappa shape index (κ2) is 6.46. The van der Waals surface area contributed by atoms with Gasteiger partial charge in [-0.25, -0.2) is 0 Å². The largest absolute Gasteiger partial charge is 0.305 e. The molecule has 3 nitrogen and oxygen atoms in total. The zero-order valence-corrected chi connectivity index (χ0v) is 12.2. The van der Waals surface area contributed by atoms with E-state index in [2.05, 4.69) is 64.7 Å². The lowest BCUT2D eigenvalue weighted by atomic mass is 10.00. The molecule has 1 unspecified atom stereocenters. The summed E-state index contributed by atoms with van der Waals surface area (Å²) in [5.74, 6) is 0. The van der Waals surface area contributed by atoms with Crippen molar-refractivity contribution in [3.63, 3.8) is 0 Å². The first-order valence-corrected chi connectivity index (χ1v) is 7.36. The maximum atomic E-state index is 4.46. The van der Waals surface area contributed by atoms with Crippen LogP contribution in [0.5, 0.6) is 0 Å². The first-order valence-electron chi connectivity index (χ1n) is 7.36. The van der Waals surface area contributed by atoms with Crippen molar-refractivity contribution in [2.75, 3.05) is 6.54 Å². The summed E-state index contributed by atoms with van der Waals surface area (Å²) in [6.45, 7) is 3.12. The molecular formula is C18H19N3. The molecule has 1 atom stereocenters. The van der Waals surface area contributed by atoms with E-state index in [-0.39, 0.29) is 6.04 Å². The Bertz CT molecular complexity index is 710. The van der Waals surface area contributed by atoms with Crippen molar-refractivity contribution in [3.8, 4) is 0 Å². The minimum absolute atomic E-state index is 0.0863. The van der Waals surface area contributed by atoms with E-state index in [1.807, 2.05) is 6.20 Å². The number of aromatic nitrogens is 2. The number of nitrogens with one attached hydrogen (secondary N) is 1. The molecule has 1 N–H and O–H groups in total. The molecule has 0 amide bonds. The van der Waals surface area contributed by atoms with Gasteiger partial charge in [-0.15, -0.1) is 0 Å². The van der Waals surface area contributed by atoms with Crippen LogP contribution < -0.4 is 5.32 Å². The summed E-state index contributed by atoms with van der Waals surface area (Å²) in [6.07, 6.45) is 6.38.